The van der Waals surface area contributed by atoms with Gasteiger partial charge in [-0.15, -0.1) is 11.8 Å². The number of hydrogen-bond acceptors (Lipinski definition) is 6. The summed E-state index contributed by atoms with van der Waals surface area (Å²) in [5.74, 6) is -0.945. The predicted octanol–water partition coefficient (Wildman–Crippen LogP) is 3.33. The minimum atomic E-state index is -0.691. The molecule has 37 heavy (non-hydrogen) atoms. The van der Waals surface area contributed by atoms with E-state index in [1.165, 1.54) is 6.42 Å². The number of rotatable bonds is 8. The van der Waals surface area contributed by atoms with Crippen molar-refractivity contribution in [1.82, 2.24) is 10.2 Å². The number of hydrogen-bond donors (Lipinski definition) is 3. The van der Waals surface area contributed by atoms with Crippen molar-refractivity contribution in [3.05, 3.63) is 24.3 Å². The minimum Gasteiger partial charge on any atom is -0.494 e. The van der Waals surface area contributed by atoms with Crippen molar-refractivity contribution in [2.24, 2.45) is 11.8 Å². The maximum atomic E-state index is 14.0. The van der Waals surface area contributed by atoms with Gasteiger partial charge in [-0.1, -0.05) is 19.3 Å². The highest BCUT2D eigenvalue weighted by Crippen LogP contribution is 2.71. The Morgan fingerprint density at radius 3 is 2.51 bits per heavy atom. The van der Waals surface area contributed by atoms with Crippen molar-refractivity contribution < 1.29 is 24.2 Å². The van der Waals surface area contributed by atoms with E-state index in [-0.39, 0.29) is 30.4 Å². The Balaban J connectivity index is 1.43. The van der Waals surface area contributed by atoms with Gasteiger partial charge in [-0.2, -0.15) is 0 Å². The van der Waals surface area contributed by atoms with Crippen LogP contribution in [0.25, 0.3) is 0 Å². The molecule has 1 aromatic carbocycles. The van der Waals surface area contributed by atoms with Gasteiger partial charge < -0.3 is 25.4 Å². The molecule has 4 fully saturated rings. The molecule has 6 atom stereocenters. The SMILES string of the molecule is CCOc1ccc(NC(=O)[C@@H]2[C@H]3C(=O)N([C@H](C)CO)C(C(=O)NC4CCCCC4)C34CC[C@@]2(C)S4)cc1. The van der Waals surface area contributed by atoms with E-state index < -0.39 is 33.4 Å². The number of benzene rings is 1. The summed E-state index contributed by atoms with van der Waals surface area (Å²) in [6.07, 6.45) is 6.76. The zero-order valence-electron chi connectivity index (χ0n) is 22.0. The average molecular weight is 530 g/mol. The normalized spacial score (nSPS) is 33.8. The molecular weight excluding hydrogens is 490 g/mol. The highest BCUT2D eigenvalue weighted by molar-refractivity contribution is 8.02. The summed E-state index contributed by atoms with van der Waals surface area (Å²) in [4.78, 5) is 43.3. The van der Waals surface area contributed by atoms with Crippen LogP contribution >= 0.6 is 11.8 Å². The van der Waals surface area contributed by atoms with Gasteiger partial charge in [-0.25, -0.2) is 0 Å². The van der Waals surface area contributed by atoms with E-state index in [2.05, 4.69) is 17.6 Å². The largest absolute Gasteiger partial charge is 0.494 e. The molecule has 0 aromatic heterocycles. The fourth-order valence-corrected chi connectivity index (χ4v) is 9.52. The van der Waals surface area contributed by atoms with Crippen LogP contribution < -0.4 is 15.4 Å². The molecule has 1 spiro atoms. The first-order valence-corrected chi connectivity index (χ1v) is 14.5. The van der Waals surface area contributed by atoms with Gasteiger partial charge >= 0.3 is 0 Å². The van der Waals surface area contributed by atoms with Crippen LogP contribution in [0.3, 0.4) is 0 Å². The number of likely N-dealkylation sites (tertiary alicyclic amines) is 1. The zero-order chi connectivity index (χ0) is 26.4. The van der Waals surface area contributed by atoms with Crippen molar-refractivity contribution in [3.8, 4) is 5.75 Å². The smallest absolute Gasteiger partial charge is 0.244 e. The minimum absolute atomic E-state index is 0.121. The molecule has 202 valence electrons. The van der Waals surface area contributed by atoms with Gasteiger partial charge in [0, 0.05) is 16.5 Å². The Bertz CT molecular complexity index is 1040. The Morgan fingerprint density at radius 2 is 1.86 bits per heavy atom. The number of nitrogens with one attached hydrogen (secondary N) is 2. The summed E-state index contributed by atoms with van der Waals surface area (Å²) >= 11 is 1.66. The molecule has 3 amide bonds. The number of amides is 3. The molecule has 0 radical (unpaired) electrons. The lowest BCUT2D eigenvalue weighted by Crippen LogP contribution is -2.57. The average Bonchev–Trinajstić information content (AvgIpc) is 3.46. The lowest BCUT2D eigenvalue weighted by molar-refractivity contribution is -0.142. The van der Waals surface area contributed by atoms with Crippen LogP contribution in [0.5, 0.6) is 5.75 Å². The number of thioether (sulfide) groups is 1. The molecule has 5 rings (SSSR count). The van der Waals surface area contributed by atoms with Gasteiger partial charge in [0.25, 0.3) is 0 Å². The van der Waals surface area contributed by atoms with Gasteiger partial charge in [-0.3, -0.25) is 14.4 Å². The van der Waals surface area contributed by atoms with Gasteiger partial charge in [-0.05, 0) is 70.7 Å². The number of ether oxygens (including phenoxy) is 1. The van der Waals surface area contributed by atoms with Crippen LogP contribution in [0.2, 0.25) is 0 Å². The summed E-state index contributed by atoms with van der Waals surface area (Å²) in [7, 11) is 0. The number of aliphatic hydroxyl groups excluding tert-OH is 1. The standard InChI is InChI=1S/C28H39N3O5S/c1-4-36-20-12-10-19(11-13-20)29-24(33)21-22-26(35)31(17(2)16-32)23(28(22)15-14-27(21,3)37-28)25(34)30-18-8-6-5-7-9-18/h10-13,17-18,21-23,32H,4-9,14-16H2,1-3H3,(H,29,33)(H,30,34)/t17-,21+,22+,23?,27-,28?/m1/s1. The molecule has 3 heterocycles. The van der Waals surface area contributed by atoms with Gasteiger partial charge in [0.2, 0.25) is 17.7 Å². The van der Waals surface area contributed by atoms with Crippen LogP contribution in [0, 0.1) is 11.8 Å². The van der Waals surface area contributed by atoms with E-state index in [9.17, 15) is 19.5 Å². The van der Waals surface area contributed by atoms with Crippen molar-refractivity contribution in [2.75, 3.05) is 18.5 Å². The highest BCUT2D eigenvalue weighted by Gasteiger charge is 2.77. The van der Waals surface area contributed by atoms with Crippen LogP contribution in [-0.4, -0.2) is 68.6 Å². The zero-order valence-corrected chi connectivity index (χ0v) is 22.8. The van der Waals surface area contributed by atoms with Crippen LogP contribution in [0.1, 0.15) is 65.7 Å². The summed E-state index contributed by atoms with van der Waals surface area (Å²) < 4.78 is 4.39. The first kappa shape index (κ1) is 26.4. The Morgan fingerprint density at radius 1 is 1.16 bits per heavy atom. The van der Waals surface area contributed by atoms with Crippen molar-refractivity contribution in [3.63, 3.8) is 0 Å². The predicted molar refractivity (Wildman–Crippen MR) is 143 cm³/mol. The number of fused-ring (bicyclic) bond motifs is 1. The van der Waals surface area contributed by atoms with Crippen molar-refractivity contribution in [1.29, 1.82) is 0 Å². The third-order valence-electron chi connectivity index (χ3n) is 8.87. The molecule has 9 heteroatoms. The second kappa shape index (κ2) is 10.1. The molecule has 8 nitrogen and oxygen atoms in total. The molecule has 3 N–H and O–H groups in total. The lowest BCUT2D eigenvalue weighted by Gasteiger charge is -2.37. The monoisotopic (exact) mass is 529 g/mol. The fraction of sp³-hybridized carbons (Fsp3) is 0.679. The van der Waals surface area contributed by atoms with Gasteiger partial charge in [0.05, 0.1) is 35.8 Å². The van der Waals surface area contributed by atoms with Gasteiger partial charge in [0.15, 0.2) is 0 Å². The van der Waals surface area contributed by atoms with E-state index >= 15 is 0 Å². The fourth-order valence-electron chi connectivity index (χ4n) is 7.17. The Labute approximate surface area is 223 Å². The van der Waals surface area contributed by atoms with E-state index in [1.807, 2.05) is 19.1 Å². The second-order valence-corrected chi connectivity index (χ2v) is 13.2. The maximum absolute atomic E-state index is 14.0. The summed E-state index contributed by atoms with van der Waals surface area (Å²) in [5, 5.41) is 16.3. The van der Waals surface area contributed by atoms with E-state index in [4.69, 9.17) is 4.74 Å². The van der Waals surface area contributed by atoms with Gasteiger partial charge in [0.1, 0.15) is 11.8 Å². The van der Waals surface area contributed by atoms with Crippen LogP contribution in [0.4, 0.5) is 5.69 Å². The number of aliphatic hydroxyl groups is 1. The molecule has 1 saturated carbocycles. The van der Waals surface area contributed by atoms with E-state index in [0.717, 1.165) is 37.9 Å². The molecule has 4 aliphatic rings. The van der Waals surface area contributed by atoms with Crippen molar-refractivity contribution >= 4 is 35.2 Å². The number of carbonyl (C=O) groups is 3. The molecule has 1 aliphatic carbocycles. The number of nitrogens with zero attached hydrogens (tertiary/aromatic N) is 1. The van der Waals surface area contributed by atoms with E-state index in [1.54, 1.807) is 35.7 Å². The van der Waals surface area contributed by atoms with Crippen LogP contribution in [0.15, 0.2) is 24.3 Å². The summed E-state index contributed by atoms with van der Waals surface area (Å²) in [5.41, 5.74) is 0.650. The Hall–Kier alpha value is -2.26. The third-order valence-corrected chi connectivity index (χ3v) is 10.9. The topological polar surface area (TPSA) is 108 Å². The molecule has 1 aromatic rings. The molecule has 2 unspecified atom stereocenters. The third kappa shape index (κ3) is 4.42. The van der Waals surface area contributed by atoms with Crippen molar-refractivity contribution in [2.45, 2.75) is 93.3 Å². The summed E-state index contributed by atoms with van der Waals surface area (Å²) in [6, 6.07) is 6.16. The molecule has 3 aliphatic heterocycles. The highest BCUT2D eigenvalue weighted by atomic mass is 32.2. The maximum Gasteiger partial charge on any atom is 0.244 e. The molecule has 2 bridgehead atoms. The Kier molecular flexibility index (Phi) is 7.22. The number of anilines is 1. The quantitative estimate of drug-likeness (QED) is 0.477. The lowest BCUT2D eigenvalue weighted by atomic mass is 9.66. The summed E-state index contributed by atoms with van der Waals surface area (Å²) in [6.45, 7) is 6.10. The molecule has 3 saturated heterocycles. The second-order valence-electron chi connectivity index (χ2n) is 11.3. The van der Waals surface area contributed by atoms with E-state index in [0.29, 0.717) is 18.7 Å². The molecular formula is C28H39N3O5S. The number of carbonyl (C=O) groups excluding carboxylic acids is 3. The first-order chi connectivity index (χ1) is 17.7. The van der Waals surface area contributed by atoms with Crippen LogP contribution in [-0.2, 0) is 14.4 Å². The first-order valence-electron chi connectivity index (χ1n) is 13.7.